The maximum atomic E-state index is 11.8. The predicted molar refractivity (Wildman–Crippen MR) is 87.4 cm³/mol. The third-order valence-corrected chi connectivity index (χ3v) is 3.63. The number of carbonyl (C=O) groups excluding carboxylic acids is 1. The maximum absolute atomic E-state index is 11.8. The molecule has 128 valence electrons. The van der Waals surface area contributed by atoms with Crippen LogP contribution in [0.5, 0.6) is 5.75 Å². The molecule has 1 aromatic carbocycles. The quantitative estimate of drug-likeness (QED) is 0.746. The van der Waals surface area contributed by atoms with Crippen LogP contribution in [0.4, 0.5) is 0 Å². The molecule has 1 amide bonds. The average Bonchev–Trinajstić information content (AvgIpc) is 2.51. The van der Waals surface area contributed by atoms with E-state index >= 15 is 0 Å². The van der Waals surface area contributed by atoms with E-state index in [1.54, 1.807) is 6.07 Å². The monoisotopic (exact) mass is 333 g/mol. The van der Waals surface area contributed by atoms with Crippen LogP contribution >= 0.6 is 0 Å². The molecule has 0 fully saturated rings. The molecule has 0 radical (unpaired) electrons. The van der Waals surface area contributed by atoms with E-state index in [9.17, 15) is 14.4 Å². The Labute approximate surface area is 138 Å². The molecular formula is C17H19NO6. The van der Waals surface area contributed by atoms with Crippen molar-refractivity contribution < 1.29 is 23.8 Å². The van der Waals surface area contributed by atoms with Crippen molar-refractivity contribution in [3.8, 4) is 5.75 Å². The number of aryl methyl sites for hydroxylation is 2. The van der Waals surface area contributed by atoms with Gasteiger partial charge >= 0.3 is 11.6 Å². The van der Waals surface area contributed by atoms with E-state index in [1.165, 1.54) is 13.2 Å². The van der Waals surface area contributed by atoms with Gasteiger partial charge in [0, 0.05) is 30.5 Å². The van der Waals surface area contributed by atoms with Gasteiger partial charge < -0.3 is 19.6 Å². The van der Waals surface area contributed by atoms with Gasteiger partial charge in [0.2, 0.25) is 5.91 Å². The lowest BCUT2D eigenvalue weighted by molar-refractivity contribution is -0.136. The van der Waals surface area contributed by atoms with Crippen LogP contribution in [0.25, 0.3) is 11.0 Å². The van der Waals surface area contributed by atoms with Crippen LogP contribution in [0.1, 0.15) is 24.0 Å². The van der Waals surface area contributed by atoms with Crippen molar-refractivity contribution in [1.29, 1.82) is 0 Å². The molecule has 0 bridgehead atoms. The molecule has 2 N–H and O–H groups in total. The number of carboxylic acids is 1. The smallest absolute Gasteiger partial charge is 0.336 e. The van der Waals surface area contributed by atoms with Gasteiger partial charge in [-0.3, -0.25) is 9.59 Å². The number of ether oxygens (including phenoxy) is 1. The molecule has 2 aromatic rings. The van der Waals surface area contributed by atoms with Gasteiger partial charge in [-0.15, -0.1) is 0 Å². The van der Waals surface area contributed by atoms with Gasteiger partial charge in [-0.25, -0.2) is 4.79 Å². The van der Waals surface area contributed by atoms with Crippen LogP contribution in [0.15, 0.2) is 27.4 Å². The van der Waals surface area contributed by atoms with Crippen molar-refractivity contribution in [3.05, 3.63) is 39.7 Å². The van der Waals surface area contributed by atoms with E-state index in [-0.39, 0.29) is 25.3 Å². The van der Waals surface area contributed by atoms with Gasteiger partial charge in [0.05, 0.1) is 13.5 Å². The first-order valence-electron chi connectivity index (χ1n) is 7.50. The molecule has 0 saturated heterocycles. The summed E-state index contributed by atoms with van der Waals surface area (Å²) in [6, 6.07) is 4.90. The molecule has 0 atom stereocenters. The van der Waals surface area contributed by atoms with Crippen molar-refractivity contribution in [2.75, 3.05) is 13.7 Å². The van der Waals surface area contributed by atoms with Crippen LogP contribution in [0.2, 0.25) is 0 Å². The van der Waals surface area contributed by atoms with Gasteiger partial charge in [-0.1, -0.05) is 0 Å². The van der Waals surface area contributed by atoms with Crippen LogP contribution in [-0.4, -0.2) is 30.6 Å². The maximum Gasteiger partial charge on any atom is 0.336 e. The number of hydrogen-bond acceptors (Lipinski definition) is 5. The highest BCUT2D eigenvalue weighted by Gasteiger charge is 2.12. The first kappa shape index (κ1) is 17.5. The predicted octanol–water partition coefficient (Wildman–Crippen LogP) is 1.63. The number of aliphatic carboxylic acids is 1. The second-order valence-electron chi connectivity index (χ2n) is 5.40. The fourth-order valence-corrected chi connectivity index (χ4v) is 2.42. The van der Waals surface area contributed by atoms with Crippen molar-refractivity contribution >= 4 is 22.8 Å². The van der Waals surface area contributed by atoms with Gasteiger partial charge in [0.1, 0.15) is 11.3 Å². The van der Waals surface area contributed by atoms with Gasteiger partial charge in [-0.05, 0) is 30.5 Å². The zero-order valence-corrected chi connectivity index (χ0v) is 13.5. The summed E-state index contributed by atoms with van der Waals surface area (Å²) < 4.78 is 10.5. The van der Waals surface area contributed by atoms with Crippen molar-refractivity contribution in [2.24, 2.45) is 0 Å². The molecule has 0 aliphatic heterocycles. The van der Waals surface area contributed by atoms with E-state index in [2.05, 4.69) is 5.32 Å². The van der Waals surface area contributed by atoms with E-state index in [0.717, 1.165) is 16.5 Å². The normalized spacial score (nSPS) is 10.6. The Morgan fingerprint density at radius 1 is 1.25 bits per heavy atom. The summed E-state index contributed by atoms with van der Waals surface area (Å²) in [6.45, 7) is 1.92. The minimum absolute atomic E-state index is 0.104. The fraction of sp³-hybridized carbons (Fsp3) is 0.353. The Bertz CT molecular complexity index is 824. The average molecular weight is 333 g/mol. The summed E-state index contributed by atoms with van der Waals surface area (Å²) in [7, 11) is 1.51. The molecule has 0 aliphatic carbocycles. The number of methoxy groups -OCH3 is 1. The van der Waals surface area contributed by atoms with Crippen molar-refractivity contribution in [1.82, 2.24) is 5.32 Å². The molecule has 7 nitrogen and oxygen atoms in total. The van der Waals surface area contributed by atoms with Crippen molar-refractivity contribution in [2.45, 2.75) is 26.2 Å². The molecule has 7 heteroatoms. The third-order valence-electron chi connectivity index (χ3n) is 3.63. The molecule has 0 unspecified atom stereocenters. The summed E-state index contributed by atoms with van der Waals surface area (Å²) in [5, 5.41) is 11.9. The summed E-state index contributed by atoms with van der Waals surface area (Å²) in [5.41, 5.74) is 1.62. The van der Waals surface area contributed by atoms with E-state index < -0.39 is 11.6 Å². The lowest BCUT2D eigenvalue weighted by Gasteiger charge is -2.11. The van der Waals surface area contributed by atoms with Crippen LogP contribution in [0, 0.1) is 6.92 Å². The summed E-state index contributed by atoms with van der Waals surface area (Å²) >= 11 is 0. The van der Waals surface area contributed by atoms with Gasteiger partial charge in [-0.2, -0.15) is 0 Å². The SMILES string of the molecule is COc1cc2oc(=O)cc(C)c2cc1CCC(=O)NCCC(=O)O. The molecule has 0 spiro atoms. The van der Waals surface area contributed by atoms with Crippen LogP contribution in [0.3, 0.4) is 0 Å². The molecule has 0 saturated carbocycles. The summed E-state index contributed by atoms with van der Waals surface area (Å²) in [6.07, 6.45) is 0.525. The Morgan fingerprint density at radius 2 is 2.00 bits per heavy atom. The minimum atomic E-state index is -0.955. The highest BCUT2D eigenvalue weighted by molar-refractivity contribution is 5.83. The topological polar surface area (TPSA) is 106 Å². The zero-order chi connectivity index (χ0) is 17.7. The highest BCUT2D eigenvalue weighted by atomic mass is 16.5. The Morgan fingerprint density at radius 3 is 2.67 bits per heavy atom. The van der Waals surface area contributed by atoms with E-state index in [4.69, 9.17) is 14.3 Å². The molecule has 1 heterocycles. The number of amides is 1. The second kappa shape index (κ2) is 7.63. The van der Waals surface area contributed by atoms with Gasteiger partial charge in [0.15, 0.2) is 0 Å². The lowest BCUT2D eigenvalue weighted by atomic mass is 10.0. The Kier molecular flexibility index (Phi) is 5.57. The number of hydrogen-bond donors (Lipinski definition) is 2. The number of nitrogens with one attached hydrogen (secondary N) is 1. The van der Waals surface area contributed by atoms with Crippen molar-refractivity contribution in [3.63, 3.8) is 0 Å². The molecule has 0 aliphatic rings. The summed E-state index contributed by atoms with van der Waals surface area (Å²) in [5.74, 6) is -0.646. The van der Waals surface area contributed by atoms with E-state index in [1.807, 2.05) is 13.0 Å². The van der Waals surface area contributed by atoms with Crippen LogP contribution in [-0.2, 0) is 16.0 Å². The van der Waals surface area contributed by atoms with E-state index in [0.29, 0.717) is 17.8 Å². The minimum Gasteiger partial charge on any atom is -0.496 e. The first-order chi connectivity index (χ1) is 11.4. The third kappa shape index (κ3) is 4.34. The number of fused-ring (bicyclic) bond motifs is 1. The molecule has 1 aromatic heterocycles. The number of carboxylic acid groups (broad SMARTS) is 1. The Hall–Kier alpha value is -2.83. The van der Waals surface area contributed by atoms with Gasteiger partial charge in [0.25, 0.3) is 0 Å². The molecule has 2 rings (SSSR count). The summed E-state index contributed by atoms with van der Waals surface area (Å²) in [4.78, 5) is 33.6. The molecular weight excluding hydrogens is 314 g/mol. The Balaban J connectivity index is 2.14. The number of rotatable bonds is 7. The number of carbonyl (C=O) groups is 2. The fourth-order valence-electron chi connectivity index (χ4n) is 2.42. The lowest BCUT2D eigenvalue weighted by Crippen LogP contribution is -2.26. The first-order valence-corrected chi connectivity index (χ1v) is 7.50. The largest absolute Gasteiger partial charge is 0.496 e. The second-order valence-corrected chi connectivity index (χ2v) is 5.40. The number of benzene rings is 1. The standard InChI is InChI=1S/C17H19NO6/c1-10-7-17(22)24-14-9-13(23-2)11(8-12(10)14)3-4-15(19)18-6-5-16(20)21/h7-9H,3-6H2,1-2H3,(H,18,19)(H,20,21). The zero-order valence-electron chi connectivity index (χ0n) is 13.5. The van der Waals surface area contributed by atoms with Crippen LogP contribution < -0.4 is 15.7 Å². The highest BCUT2D eigenvalue weighted by Crippen LogP contribution is 2.28. The molecule has 24 heavy (non-hydrogen) atoms.